The molecular weight excluding hydrogens is 496 g/mol. The number of rotatable bonds is 6. The minimum Gasteiger partial charge on any atom is -0.381 e. The van der Waals surface area contributed by atoms with Crippen molar-refractivity contribution in [2.24, 2.45) is 10.3 Å². The minimum atomic E-state index is -0.881. The van der Waals surface area contributed by atoms with Crippen molar-refractivity contribution in [3.63, 3.8) is 0 Å². The average molecular weight is 518 g/mol. The van der Waals surface area contributed by atoms with E-state index in [0.717, 1.165) is 11.1 Å². The quantitative estimate of drug-likeness (QED) is 0.488. The van der Waals surface area contributed by atoms with Gasteiger partial charge in [-0.2, -0.15) is 0 Å². The molecular formula is C26H22N4O8. The van der Waals surface area contributed by atoms with Crippen LogP contribution >= 0.6 is 0 Å². The van der Waals surface area contributed by atoms with Crippen LogP contribution in [0.1, 0.15) is 24.0 Å². The van der Waals surface area contributed by atoms with Crippen LogP contribution in [0.4, 0.5) is 0 Å². The van der Waals surface area contributed by atoms with E-state index >= 15 is 0 Å². The van der Waals surface area contributed by atoms with Gasteiger partial charge in [-0.1, -0.05) is 34.6 Å². The number of nitrogens with one attached hydrogen (secondary N) is 2. The van der Waals surface area contributed by atoms with Crippen molar-refractivity contribution in [2.45, 2.75) is 61.5 Å². The highest BCUT2D eigenvalue weighted by Crippen LogP contribution is 2.46. The number of carbonyl (C=O) groups is 4. The van der Waals surface area contributed by atoms with Gasteiger partial charge in [0.2, 0.25) is 0 Å². The molecule has 2 spiro atoms. The van der Waals surface area contributed by atoms with Gasteiger partial charge in [-0.15, -0.1) is 0 Å². The standard InChI is InChI=1S/C26H22N4O8/c31-17-5-7-25(21-19(17)35-21)9-15(29-37-25)23(33)27-11-13-1-2-14(4-3-13)12-28-24(34)16-10-26(38-30-16)8-6-18(32)20-22(26)36-20/h1-8,19-22H,9-12H2,(H,27,33)(H,28,34)/t19-,20-,21-,22-,25+,26+/m0/s1. The van der Waals surface area contributed by atoms with E-state index in [9.17, 15) is 19.2 Å². The maximum atomic E-state index is 12.6. The van der Waals surface area contributed by atoms with E-state index in [2.05, 4.69) is 20.9 Å². The lowest BCUT2D eigenvalue weighted by molar-refractivity contribution is -0.117. The summed E-state index contributed by atoms with van der Waals surface area (Å²) in [5.41, 5.74) is 0.464. The second-order valence-electron chi connectivity index (χ2n) is 10.1. The van der Waals surface area contributed by atoms with Crippen LogP contribution < -0.4 is 10.6 Å². The molecule has 0 unspecified atom stereocenters. The van der Waals surface area contributed by atoms with E-state index in [0.29, 0.717) is 0 Å². The average Bonchev–Trinajstić information content (AvgIpc) is 3.84. The van der Waals surface area contributed by atoms with E-state index < -0.39 is 35.6 Å². The molecule has 194 valence electrons. The summed E-state index contributed by atoms with van der Waals surface area (Å²) in [4.78, 5) is 59.5. The summed E-state index contributed by atoms with van der Waals surface area (Å²) < 4.78 is 10.8. The summed E-state index contributed by atoms with van der Waals surface area (Å²) in [6.45, 7) is 0.565. The molecule has 1 aromatic rings. The number of oxime groups is 2. The number of hydrogen-bond donors (Lipinski definition) is 2. The van der Waals surface area contributed by atoms with E-state index in [1.165, 1.54) is 12.2 Å². The van der Waals surface area contributed by atoms with Gasteiger partial charge in [0.15, 0.2) is 35.0 Å². The summed E-state index contributed by atoms with van der Waals surface area (Å²) in [6.07, 6.45) is 4.78. The highest BCUT2D eigenvalue weighted by atomic mass is 16.7. The third-order valence-corrected chi connectivity index (χ3v) is 7.56. The molecule has 12 heteroatoms. The Morgan fingerprint density at radius 3 is 1.61 bits per heavy atom. The van der Waals surface area contributed by atoms with E-state index in [-0.39, 0.29) is 60.7 Å². The van der Waals surface area contributed by atoms with Gasteiger partial charge in [0.25, 0.3) is 11.8 Å². The molecule has 0 bridgehead atoms. The van der Waals surface area contributed by atoms with Crippen LogP contribution in [0, 0.1) is 0 Å². The molecule has 0 saturated carbocycles. The van der Waals surface area contributed by atoms with Crippen molar-refractivity contribution < 1.29 is 38.3 Å². The van der Waals surface area contributed by atoms with Gasteiger partial charge < -0.3 is 29.8 Å². The van der Waals surface area contributed by atoms with Crippen LogP contribution in [0.25, 0.3) is 0 Å². The Kier molecular flexibility index (Phi) is 4.94. The molecule has 4 aliphatic heterocycles. The molecule has 38 heavy (non-hydrogen) atoms. The molecule has 2 amide bonds. The van der Waals surface area contributed by atoms with Crippen LogP contribution in [0.5, 0.6) is 0 Å². The van der Waals surface area contributed by atoms with Gasteiger partial charge in [-0.3, -0.25) is 19.2 Å². The van der Waals surface area contributed by atoms with Crippen molar-refractivity contribution >= 4 is 34.8 Å². The monoisotopic (exact) mass is 518 g/mol. The fourth-order valence-corrected chi connectivity index (χ4v) is 5.23. The van der Waals surface area contributed by atoms with Gasteiger partial charge in [-0.05, 0) is 35.4 Å². The van der Waals surface area contributed by atoms with Crippen LogP contribution in [0.2, 0.25) is 0 Å². The highest BCUT2D eigenvalue weighted by molar-refractivity contribution is 6.39. The van der Waals surface area contributed by atoms with Gasteiger partial charge in [0, 0.05) is 25.9 Å². The summed E-state index contributed by atoms with van der Waals surface area (Å²) in [5.74, 6) is -0.889. The summed E-state index contributed by atoms with van der Waals surface area (Å²) >= 11 is 0. The highest BCUT2D eigenvalue weighted by Gasteiger charge is 2.64. The molecule has 2 aliphatic carbocycles. The first-order valence-electron chi connectivity index (χ1n) is 12.3. The zero-order chi connectivity index (χ0) is 26.1. The summed E-state index contributed by atoms with van der Waals surface area (Å²) in [5, 5.41) is 13.5. The first-order chi connectivity index (χ1) is 18.4. The van der Waals surface area contributed by atoms with E-state index in [1.54, 1.807) is 12.2 Å². The summed E-state index contributed by atoms with van der Waals surface area (Å²) in [7, 11) is 0. The predicted octanol–water partition coefficient (Wildman–Crippen LogP) is -0.238. The molecule has 2 N–H and O–H groups in total. The number of nitrogens with zero attached hydrogens (tertiary/aromatic N) is 2. The molecule has 6 atom stereocenters. The number of ether oxygens (including phenoxy) is 2. The largest absolute Gasteiger partial charge is 0.381 e. The first-order valence-corrected chi connectivity index (χ1v) is 12.3. The van der Waals surface area contributed by atoms with Crippen LogP contribution in [-0.2, 0) is 51.4 Å². The Hall–Kier alpha value is -4.16. The predicted molar refractivity (Wildman–Crippen MR) is 127 cm³/mol. The first kappa shape index (κ1) is 23.0. The second kappa shape index (κ2) is 8.17. The van der Waals surface area contributed by atoms with Gasteiger partial charge in [-0.25, -0.2) is 0 Å². The fourth-order valence-electron chi connectivity index (χ4n) is 5.23. The van der Waals surface area contributed by atoms with Gasteiger partial charge >= 0.3 is 0 Å². The van der Waals surface area contributed by atoms with Gasteiger partial charge in [0.05, 0.1) is 0 Å². The maximum absolute atomic E-state index is 12.6. The van der Waals surface area contributed by atoms with Crippen molar-refractivity contribution in [3.05, 3.63) is 59.7 Å². The number of epoxide rings is 2. The zero-order valence-corrected chi connectivity index (χ0v) is 19.9. The molecule has 12 nitrogen and oxygen atoms in total. The van der Waals surface area contributed by atoms with E-state index in [1.807, 2.05) is 24.3 Å². The van der Waals surface area contributed by atoms with Crippen molar-refractivity contribution in [3.8, 4) is 0 Å². The van der Waals surface area contributed by atoms with Crippen molar-refractivity contribution in [1.82, 2.24) is 10.6 Å². The Balaban J connectivity index is 0.877. The van der Waals surface area contributed by atoms with E-state index in [4.69, 9.17) is 19.1 Å². The molecule has 1 aromatic carbocycles. The topological polar surface area (TPSA) is 161 Å². The maximum Gasteiger partial charge on any atom is 0.269 e. The lowest BCUT2D eigenvalue weighted by Gasteiger charge is -2.22. The molecule has 0 aromatic heterocycles. The number of fused-ring (bicyclic) bond motifs is 4. The fraction of sp³-hybridized carbons (Fsp3) is 0.385. The number of hydrogen-bond acceptors (Lipinski definition) is 10. The molecule has 7 rings (SSSR count). The Labute approximate surface area is 215 Å². The lowest BCUT2D eigenvalue weighted by Crippen LogP contribution is -2.40. The zero-order valence-electron chi connectivity index (χ0n) is 19.9. The Morgan fingerprint density at radius 2 is 1.18 bits per heavy atom. The number of carbonyl (C=O) groups excluding carboxylic acids is 4. The third-order valence-electron chi connectivity index (χ3n) is 7.56. The van der Waals surface area contributed by atoms with Crippen LogP contribution in [0.15, 0.2) is 58.9 Å². The minimum absolute atomic E-state index is 0.0955. The molecule has 0 radical (unpaired) electrons. The van der Waals surface area contributed by atoms with Crippen LogP contribution in [0.3, 0.4) is 0 Å². The van der Waals surface area contributed by atoms with Gasteiger partial charge in [0.1, 0.15) is 23.6 Å². The Bertz CT molecular complexity index is 1290. The third kappa shape index (κ3) is 3.75. The SMILES string of the molecule is O=C(NCc1ccc(CNC(=O)C2=NO[C@]3(C=CC(=O)[C@@H]4O[C@@H]43)C2)cc1)C1=NO[C@]2(C=CC(=O)[C@@H]3O[C@@H]32)C1. The molecule has 2 saturated heterocycles. The Morgan fingerprint density at radius 1 is 0.763 bits per heavy atom. The second-order valence-corrected chi connectivity index (χ2v) is 10.1. The smallest absolute Gasteiger partial charge is 0.269 e. The summed E-state index contributed by atoms with van der Waals surface area (Å²) in [6, 6.07) is 7.42. The number of benzene rings is 1. The molecule has 2 fully saturated rings. The van der Waals surface area contributed by atoms with Crippen LogP contribution in [-0.4, -0.2) is 70.4 Å². The van der Waals surface area contributed by atoms with Crippen molar-refractivity contribution in [2.75, 3.05) is 0 Å². The number of amides is 2. The number of ketones is 2. The molecule has 4 heterocycles. The van der Waals surface area contributed by atoms with Crippen molar-refractivity contribution in [1.29, 1.82) is 0 Å². The molecule has 6 aliphatic rings. The lowest BCUT2D eigenvalue weighted by atomic mass is 9.86. The normalized spacial score (nSPS) is 35.2.